The Bertz CT molecular complexity index is 1120. The van der Waals surface area contributed by atoms with E-state index in [0.717, 1.165) is 10.4 Å². The topological polar surface area (TPSA) is 68.3 Å². The van der Waals surface area contributed by atoms with Crippen molar-refractivity contribution in [2.75, 3.05) is 47.6 Å². The molecule has 0 unspecified atom stereocenters. The van der Waals surface area contributed by atoms with Crippen LogP contribution in [0.4, 0.5) is 0 Å². The predicted octanol–water partition coefficient (Wildman–Crippen LogP) is 4.78. The molecule has 0 aliphatic carbocycles. The van der Waals surface area contributed by atoms with Gasteiger partial charge in [-0.2, -0.15) is 0 Å². The Labute approximate surface area is 221 Å². The van der Waals surface area contributed by atoms with Gasteiger partial charge in [0.25, 0.3) is 5.91 Å². The third kappa shape index (κ3) is 7.71. The summed E-state index contributed by atoms with van der Waals surface area (Å²) in [5.74, 6) is 0.919. The first-order valence-electron chi connectivity index (χ1n) is 11.5. The smallest absolute Gasteiger partial charge is 0.254 e. The predicted molar refractivity (Wildman–Crippen MR) is 142 cm³/mol. The Kier molecular flexibility index (Phi) is 10.6. The summed E-state index contributed by atoms with van der Waals surface area (Å²) in [4.78, 5) is 31.1. The van der Waals surface area contributed by atoms with Crippen molar-refractivity contribution in [3.8, 4) is 11.5 Å². The Balaban J connectivity index is 1.76. The Morgan fingerprint density at radius 1 is 0.917 bits per heavy atom. The SMILES string of the molecule is COCCN(CC(=O)N(CCc1ccc(OC)c(OC)c1)Cc1cccs1)C(=O)c1ccc(Cl)cc1. The maximum Gasteiger partial charge on any atom is 0.254 e. The summed E-state index contributed by atoms with van der Waals surface area (Å²) in [5.41, 5.74) is 1.49. The minimum atomic E-state index is -0.243. The van der Waals surface area contributed by atoms with Gasteiger partial charge < -0.3 is 24.0 Å². The molecule has 0 radical (unpaired) electrons. The van der Waals surface area contributed by atoms with E-state index in [1.54, 1.807) is 61.8 Å². The van der Waals surface area contributed by atoms with E-state index in [0.29, 0.717) is 54.7 Å². The van der Waals surface area contributed by atoms with Crippen molar-refractivity contribution in [2.24, 2.45) is 0 Å². The molecule has 0 saturated carbocycles. The normalized spacial score (nSPS) is 10.7. The second-order valence-corrected chi connectivity index (χ2v) is 9.53. The number of hydrogen-bond acceptors (Lipinski definition) is 6. The van der Waals surface area contributed by atoms with Crippen LogP contribution in [-0.2, 0) is 22.5 Å². The molecule has 3 aromatic rings. The number of carbonyl (C=O) groups is 2. The van der Waals surface area contributed by atoms with E-state index in [1.165, 1.54) is 4.90 Å². The van der Waals surface area contributed by atoms with Crippen LogP contribution in [0.15, 0.2) is 60.0 Å². The monoisotopic (exact) mass is 530 g/mol. The van der Waals surface area contributed by atoms with Crippen LogP contribution in [0, 0.1) is 0 Å². The van der Waals surface area contributed by atoms with Gasteiger partial charge in [-0.05, 0) is 59.8 Å². The molecule has 0 aliphatic heterocycles. The lowest BCUT2D eigenvalue weighted by Crippen LogP contribution is -2.44. The van der Waals surface area contributed by atoms with E-state index in [1.807, 2.05) is 35.7 Å². The molecule has 1 aromatic heterocycles. The fourth-order valence-corrected chi connectivity index (χ4v) is 4.52. The lowest BCUT2D eigenvalue weighted by atomic mass is 10.1. The van der Waals surface area contributed by atoms with Crippen LogP contribution in [0.5, 0.6) is 11.5 Å². The maximum atomic E-state index is 13.5. The van der Waals surface area contributed by atoms with Crippen LogP contribution in [0.25, 0.3) is 0 Å². The second kappa shape index (κ2) is 13.9. The van der Waals surface area contributed by atoms with E-state index >= 15 is 0 Å². The molecule has 192 valence electrons. The van der Waals surface area contributed by atoms with Gasteiger partial charge in [-0.3, -0.25) is 9.59 Å². The number of nitrogens with zero attached hydrogens (tertiary/aromatic N) is 2. The first kappa shape index (κ1) is 27.5. The summed E-state index contributed by atoms with van der Waals surface area (Å²) in [6.45, 7) is 1.52. The van der Waals surface area contributed by atoms with Crippen molar-refractivity contribution in [3.63, 3.8) is 0 Å². The summed E-state index contributed by atoms with van der Waals surface area (Å²) in [7, 11) is 4.76. The molecule has 0 fully saturated rings. The number of halogens is 1. The molecule has 2 amide bonds. The van der Waals surface area contributed by atoms with Crippen molar-refractivity contribution < 1.29 is 23.8 Å². The van der Waals surface area contributed by atoms with Crippen molar-refractivity contribution >= 4 is 34.8 Å². The van der Waals surface area contributed by atoms with Crippen molar-refractivity contribution in [1.82, 2.24) is 9.80 Å². The number of rotatable bonds is 13. The molecule has 0 atom stereocenters. The van der Waals surface area contributed by atoms with Gasteiger partial charge >= 0.3 is 0 Å². The standard InChI is InChI=1S/C27H31ClN2O5S/c1-33-15-14-30(27(32)21-7-9-22(28)10-8-21)19-26(31)29(18-23-5-4-16-36-23)13-12-20-6-11-24(34-2)25(17-20)35-3/h4-11,16-17H,12-15,18-19H2,1-3H3. The van der Waals surface area contributed by atoms with Crippen LogP contribution in [0.1, 0.15) is 20.8 Å². The quantitative estimate of drug-likeness (QED) is 0.318. The molecule has 0 spiro atoms. The Morgan fingerprint density at radius 3 is 2.31 bits per heavy atom. The van der Waals surface area contributed by atoms with Crippen LogP contribution < -0.4 is 9.47 Å². The van der Waals surface area contributed by atoms with Gasteiger partial charge in [0.2, 0.25) is 5.91 Å². The Morgan fingerprint density at radius 2 is 1.67 bits per heavy atom. The zero-order valence-corrected chi connectivity index (χ0v) is 22.3. The number of carbonyl (C=O) groups excluding carboxylic acids is 2. The molecule has 0 aliphatic rings. The fourth-order valence-electron chi connectivity index (χ4n) is 3.67. The summed E-state index contributed by atoms with van der Waals surface area (Å²) < 4.78 is 15.9. The highest BCUT2D eigenvalue weighted by Crippen LogP contribution is 2.28. The average Bonchev–Trinajstić information content (AvgIpc) is 3.41. The van der Waals surface area contributed by atoms with Crippen molar-refractivity contribution in [3.05, 3.63) is 81.0 Å². The summed E-state index contributed by atoms with van der Waals surface area (Å²) in [6, 6.07) is 16.4. The number of hydrogen-bond donors (Lipinski definition) is 0. The molecule has 0 N–H and O–H groups in total. The molecule has 36 heavy (non-hydrogen) atoms. The third-order valence-electron chi connectivity index (χ3n) is 5.67. The average molecular weight is 531 g/mol. The molecule has 0 saturated heterocycles. The molecule has 1 heterocycles. The summed E-state index contributed by atoms with van der Waals surface area (Å²) >= 11 is 7.57. The van der Waals surface area contributed by atoms with E-state index in [2.05, 4.69) is 0 Å². The summed E-state index contributed by atoms with van der Waals surface area (Å²) in [6.07, 6.45) is 0.626. The van der Waals surface area contributed by atoms with Crippen LogP contribution in [0.2, 0.25) is 5.02 Å². The van der Waals surface area contributed by atoms with Gasteiger partial charge in [-0.1, -0.05) is 23.7 Å². The third-order valence-corrected chi connectivity index (χ3v) is 6.78. The molecule has 2 aromatic carbocycles. The zero-order valence-electron chi connectivity index (χ0n) is 20.7. The first-order chi connectivity index (χ1) is 17.4. The van der Waals surface area contributed by atoms with Gasteiger partial charge in [-0.25, -0.2) is 0 Å². The van der Waals surface area contributed by atoms with Gasteiger partial charge in [0.15, 0.2) is 11.5 Å². The van der Waals surface area contributed by atoms with Gasteiger partial charge in [0.05, 0.1) is 27.4 Å². The molecule has 0 bridgehead atoms. The van der Waals surface area contributed by atoms with E-state index < -0.39 is 0 Å². The second-order valence-electron chi connectivity index (χ2n) is 8.06. The van der Waals surface area contributed by atoms with Crippen LogP contribution >= 0.6 is 22.9 Å². The highest BCUT2D eigenvalue weighted by Gasteiger charge is 2.23. The maximum absolute atomic E-state index is 13.5. The minimum Gasteiger partial charge on any atom is -0.493 e. The van der Waals surface area contributed by atoms with E-state index in [9.17, 15) is 9.59 Å². The fraction of sp³-hybridized carbons (Fsp3) is 0.333. The van der Waals surface area contributed by atoms with Gasteiger partial charge in [0, 0.05) is 35.7 Å². The lowest BCUT2D eigenvalue weighted by Gasteiger charge is -2.27. The van der Waals surface area contributed by atoms with Gasteiger partial charge in [-0.15, -0.1) is 11.3 Å². The lowest BCUT2D eigenvalue weighted by molar-refractivity contribution is -0.132. The number of amides is 2. The van der Waals surface area contributed by atoms with Crippen LogP contribution in [-0.4, -0.2) is 69.2 Å². The van der Waals surface area contributed by atoms with Crippen LogP contribution in [0.3, 0.4) is 0 Å². The largest absolute Gasteiger partial charge is 0.493 e. The molecule has 7 nitrogen and oxygen atoms in total. The van der Waals surface area contributed by atoms with Gasteiger partial charge in [0.1, 0.15) is 6.54 Å². The zero-order chi connectivity index (χ0) is 25.9. The summed E-state index contributed by atoms with van der Waals surface area (Å²) in [5, 5.41) is 2.53. The molecular formula is C27H31ClN2O5S. The van der Waals surface area contributed by atoms with E-state index in [4.69, 9.17) is 25.8 Å². The number of methoxy groups -OCH3 is 3. The molecule has 9 heteroatoms. The van der Waals surface area contributed by atoms with E-state index in [-0.39, 0.29) is 18.4 Å². The number of ether oxygens (including phenoxy) is 3. The van der Waals surface area contributed by atoms with Crippen molar-refractivity contribution in [2.45, 2.75) is 13.0 Å². The first-order valence-corrected chi connectivity index (χ1v) is 12.8. The highest BCUT2D eigenvalue weighted by atomic mass is 35.5. The molecule has 3 rings (SSSR count). The highest BCUT2D eigenvalue weighted by molar-refractivity contribution is 7.09. The molecular weight excluding hydrogens is 500 g/mol. The van der Waals surface area contributed by atoms with Crippen molar-refractivity contribution in [1.29, 1.82) is 0 Å². The Hall–Kier alpha value is -3.07. The number of benzene rings is 2. The minimum absolute atomic E-state index is 0.0534. The number of thiophene rings is 1.